The maximum atomic E-state index is 13.0. The van der Waals surface area contributed by atoms with Gasteiger partial charge in [-0.3, -0.25) is 4.79 Å². The first kappa shape index (κ1) is 11.0. The van der Waals surface area contributed by atoms with Gasteiger partial charge in [0.05, 0.1) is 12.2 Å². The quantitative estimate of drug-likeness (QED) is 0.677. The number of para-hydroxylation sites is 1. The summed E-state index contributed by atoms with van der Waals surface area (Å²) >= 11 is 0. The molecule has 5 nitrogen and oxygen atoms in total. The molecule has 15 heavy (non-hydrogen) atoms. The van der Waals surface area contributed by atoms with Gasteiger partial charge in [-0.15, -0.1) is 0 Å². The fraction of sp³-hybridized carbons (Fsp3) is 0.111. The van der Waals surface area contributed by atoms with E-state index < -0.39 is 17.8 Å². The Labute approximate surface area is 85.5 Å². The second kappa shape index (κ2) is 4.94. The van der Waals surface area contributed by atoms with Gasteiger partial charge in [-0.25, -0.2) is 9.18 Å². The molecular formula is C9H10FN3O2. The maximum Gasteiger partial charge on any atom is 0.319 e. The van der Waals surface area contributed by atoms with E-state index in [-0.39, 0.29) is 12.2 Å². The van der Waals surface area contributed by atoms with Crippen LogP contribution in [0.4, 0.5) is 14.9 Å². The van der Waals surface area contributed by atoms with Crippen LogP contribution in [0.3, 0.4) is 0 Å². The summed E-state index contributed by atoms with van der Waals surface area (Å²) in [5.41, 5.74) is 4.85. The van der Waals surface area contributed by atoms with Gasteiger partial charge in [-0.2, -0.15) is 0 Å². The molecule has 0 heterocycles. The third kappa shape index (κ3) is 3.63. The number of primary amides is 1. The van der Waals surface area contributed by atoms with Crippen LogP contribution in [0, 0.1) is 5.82 Å². The van der Waals surface area contributed by atoms with Crippen LogP contribution in [-0.2, 0) is 4.79 Å². The van der Waals surface area contributed by atoms with Crippen molar-refractivity contribution in [3.8, 4) is 0 Å². The van der Waals surface area contributed by atoms with E-state index in [1.54, 1.807) is 6.07 Å². The lowest BCUT2D eigenvalue weighted by atomic mass is 10.3. The molecule has 0 spiro atoms. The summed E-state index contributed by atoms with van der Waals surface area (Å²) in [5, 5.41) is 4.40. The van der Waals surface area contributed by atoms with Gasteiger partial charge in [0, 0.05) is 0 Å². The molecule has 0 unspecified atom stereocenters. The van der Waals surface area contributed by atoms with Gasteiger partial charge in [0.2, 0.25) is 5.91 Å². The Morgan fingerprint density at radius 3 is 2.60 bits per heavy atom. The van der Waals surface area contributed by atoms with E-state index in [9.17, 15) is 14.0 Å². The van der Waals surface area contributed by atoms with E-state index in [0.717, 1.165) is 0 Å². The zero-order valence-corrected chi connectivity index (χ0v) is 7.79. The van der Waals surface area contributed by atoms with Crippen LogP contribution >= 0.6 is 0 Å². The van der Waals surface area contributed by atoms with E-state index in [0.29, 0.717) is 0 Å². The highest BCUT2D eigenvalue weighted by Crippen LogP contribution is 2.11. The van der Waals surface area contributed by atoms with Crippen molar-refractivity contribution in [1.29, 1.82) is 0 Å². The van der Waals surface area contributed by atoms with Gasteiger partial charge in [0.15, 0.2) is 0 Å². The summed E-state index contributed by atoms with van der Waals surface area (Å²) in [7, 11) is 0. The van der Waals surface area contributed by atoms with Crippen LogP contribution < -0.4 is 16.4 Å². The van der Waals surface area contributed by atoms with Crippen LogP contribution in [0.5, 0.6) is 0 Å². The number of anilines is 1. The molecule has 4 N–H and O–H groups in total. The summed E-state index contributed by atoms with van der Waals surface area (Å²) in [6, 6.07) is 5.01. The van der Waals surface area contributed by atoms with Gasteiger partial charge in [0.25, 0.3) is 0 Å². The van der Waals surface area contributed by atoms with Crippen molar-refractivity contribution in [3.05, 3.63) is 30.1 Å². The average molecular weight is 211 g/mol. The van der Waals surface area contributed by atoms with E-state index in [1.165, 1.54) is 18.2 Å². The van der Waals surface area contributed by atoms with E-state index in [4.69, 9.17) is 5.73 Å². The van der Waals surface area contributed by atoms with Crippen molar-refractivity contribution in [2.45, 2.75) is 0 Å². The predicted molar refractivity (Wildman–Crippen MR) is 52.6 cm³/mol. The number of amides is 3. The van der Waals surface area contributed by atoms with Gasteiger partial charge < -0.3 is 16.4 Å². The van der Waals surface area contributed by atoms with Crippen molar-refractivity contribution >= 4 is 17.6 Å². The molecule has 1 rings (SSSR count). The first-order valence-electron chi connectivity index (χ1n) is 4.17. The molecule has 1 aromatic carbocycles. The Hall–Kier alpha value is -2.11. The molecule has 0 atom stereocenters. The second-order valence-electron chi connectivity index (χ2n) is 2.75. The number of nitrogens with one attached hydrogen (secondary N) is 2. The first-order chi connectivity index (χ1) is 7.09. The molecule has 3 amide bonds. The summed E-state index contributed by atoms with van der Waals surface area (Å²) in [5.74, 6) is -1.22. The highest BCUT2D eigenvalue weighted by Gasteiger charge is 2.05. The van der Waals surface area contributed by atoms with Crippen LogP contribution in [0.15, 0.2) is 24.3 Å². The minimum Gasteiger partial charge on any atom is -0.368 e. The Bertz CT molecular complexity index is 381. The van der Waals surface area contributed by atoms with Crippen molar-refractivity contribution in [3.63, 3.8) is 0 Å². The number of benzene rings is 1. The summed E-state index contributed by atoms with van der Waals surface area (Å²) in [6.07, 6.45) is 0. The van der Waals surface area contributed by atoms with Crippen molar-refractivity contribution < 1.29 is 14.0 Å². The molecule has 0 saturated carbocycles. The molecule has 0 bridgehead atoms. The monoisotopic (exact) mass is 211 g/mol. The van der Waals surface area contributed by atoms with Gasteiger partial charge in [0.1, 0.15) is 5.82 Å². The highest BCUT2D eigenvalue weighted by molar-refractivity contribution is 5.91. The molecule has 1 aromatic rings. The summed E-state index contributed by atoms with van der Waals surface area (Å²) in [4.78, 5) is 21.4. The zero-order valence-electron chi connectivity index (χ0n) is 7.79. The number of carbonyl (C=O) groups excluding carboxylic acids is 2. The van der Waals surface area contributed by atoms with E-state index in [2.05, 4.69) is 10.6 Å². The second-order valence-corrected chi connectivity index (χ2v) is 2.75. The molecule has 0 saturated heterocycles. The van der Waals surface area contributed by atoms with Gasteiger partial charge in [-0.05, 0) is 12.1 Å². The molecule has 0 fully saturated rings. The fourth-order valence-corrected chi connectivity index (χ4v) is 0.896. The molecule has 0 aliphatic rings. The number of nitrogens with two attached hydrogens (primary N) is 1. The average Bonchev–Trinajstić information content (AvgIpc) is 2.18. The number of rotatable bonds is 3. The Morgan fingerprint density at radius 1 is 1.33 bits per heavy atom. The Kier molecular flexibility index (Phi) is 3.61. The smallest absolute Gasteiger partial charge is 0.319 e. The van der Waals surface area contributed by atoms with E-state index in [1.807, 2.05) is 0 Å². The van der Waals surface area contributed by atoms with Crippen LogP contribution in [0.25, 0.3) is 0 Å². The number of hydrogen-bond donors (Lipinski definition) is 3. The third-order valence-electron chi connectivity index (χ3n) is 1.55. The lowest BCUT2D eigenvalue weighted by Crippen LogP contribution is -2.36. The molecule has 0 aliphatic carbocycles. The molecule has 0 radical (unpaired) electrons. The number of hydrogen-bond acceptors (Lipinski definition) is 2. The predicted octanol–water partition coefficient (Wildman–Crippen LogP) is 0.432. The van der Waals surface area contributed by atoms with Gasteiger partial charge in [-0.1, -0.05) is 12.1 Å². The summed E-state index contributed by atoms with van der Waals surface area (Å²) in [6.45, 7) is -0.291. The largest absolute Gasteiger partial charge is 0.368 e. The van der Waals surface area contributed by atoms with Crippen LogP contribution in [-0.4, -0.2) is 18.5 Å². The highest BCUT2D eigenvalue weighted by atomic mass is 19.1. The lowest BCUT2D eigenvalue weighted by molar-refractivity contribution is -0.117. The SMILES string of the molecule is NC(=O)CNC(=O)Nc1ccccc1F. The molecule has 6 heteroatoms. The first-order valence-corrected chi connectivity index (χ1v) is 4.17. The molecule has 0 aliphatic heterocycles. The third-order valence-corrected chi connectivity index (χ3v) is 1.55. The normalized spacial score (nSPS) is 9.40. The minimum atomic E-state index is -0.682. The minimum absolute atomic E-state index is 0.0412. The maximum absolute atomic E-state index is 13.0. The number of halogens is 1. The molecular weight excluding hydrogens is 201 g/mol. The molecule has 80 valence electrons. The number of carbonyl (C=O) groups is 2. The summed E-state index contributed by atoms with van der Waals surface area (Å²) < 4.78 is 13.0. The standard InChI is InChI=1S/C9H10FN3O2/c10-6-3-1-2-4-7(6)13-9(15)12-5-8(11)14/h1-4H,5H2,(H2,11,14)(H2,12,13,15). The Balaban J connectivity index is 2.52. The van der Waals surface area contributed by atoms with Gasteiger partial charge >= 0.3 is 6.03 Å². The van der Waals surface area contributed by atoms with Crippen molar-refractivity contribution in [2.24, 2.45) is 5.73 Å². The Morgan fingerprint density at radius 2 is 2.00 bits per heavy atom. The fourth-order valence-electron chi connectivity index (χ4n) is 0.896. The zero-order chi connectivity index (χ0) is 11.3. The van der Waals surface area contributed by atoms with Crippen molar-refractivity contribution in [2.75, 3.05) is 11.9 Å². The van der Waals surface area contributed by atoms with Crippen LogP contribution in [0.2, 0.25) is 0 Å². The lowest BCUT2D eigenvalue weighted by Gasteiger charge is -2.06. The van der Waals surface area contributed by atoms with E-state index >= 15 is 0 Å². The molecule has 0 aromatic heterocycles. The number of urea groups is 1. The van der Waals surface area contributed by atoms with Crippen molar-refractivity contribution in [1.82, 2.24) is 5.32 Å². The topological polar surface area (TPSA) is 84.2 Å². The van der Waals surface area contributed by atoms with Crippen LogP contribution in [0.1, 0.15) is 0 Å².